The highest BCUT2D eigenvalue weighted by Gasteiger charge is 2.84. The molecule has 6 atom stereocenters. The summed E-state index contributed by atoms with van der Waals surface area (Å²) in [5, 5.41) is 43.7. The topological polar surface area (TPSA) is 107 Å². The Morgan fingerprint density at radius 1 is 1.32 bits per heavy atom. The molecule has 0 aromatic heterocycles. The van der Waals surface area contributed by atoms with Gasteiger partial charge in [-0.1, -0.05) is 6.07 Å². The molecule has 0 amide bonds. The molecule has 4 N–H and O–H groups in total. The molecule has 1 aromatic carbocycles. The van der Waals surface area contributed by atoms with Crippen molar-refractivity contribution >= 4 is 5.97 Å². The van der Waals surface area contributed by atoms with Gasteiger partial charge in [0.25, 0.3) is 0 Å². The fourth-order valence-electron chi connectivity index (χ4n) is 7.24. The Balaban J connectivity index is 1.62. The van der Waals surface area contributed by atoms with Crippen LogP contribution in [0, 0.1) is 5.92 Å². The Hall–Kier alpha value is -1.83. The normalized spacial score (nSPS) is 47.5. The summed E-state index contributed by atoms with van der Waals surface area (Å²) in [6, 6.07) is 3.25. The summed E-state index contributed by atoms with van der Waals surface area (Å²) < 4.78 is 6.68. The molecule has 2 bridgehead atoms. The lowest BCUT2D eigenvalue weighted by Crippen LogP contribution is -2.76. The van der Waals surface area contributed by atoms with E-state index in [9.17, 15) is 25.2 Å². The van der Waals surface area contributed by atoms with Crippen LogP contribution in [0.15, 0.2) is 12.1 Å². The Bertz CT molecular complexity index is 930. The summed E-state index contributed by atoms with van der Waals surface area (Å²) in [4.78, 5) is 12.1. The summed E-state index contributed by atoms with van der Waals surface area (Å²) in [6.07, 6.45) is 2.22. The van der Waals surface area contributed by atoms with Crippen LogP contribution in [0.3, 0.4) is 0 Å². The Morgan fingerprint density at radius 3 is 2.75 bits per heavy atom. The lowest BCUT2D eigenvalue weighted by atomic mass is 9.55. The molecule has 1 spiro atoms. The third kappa shape index (κ3) is 1.63. The number of rotatable bonds is 3. The van der Waals surface area contributed by atoms with Gasteiger partial charge in [-0.15, -0.1) is 0 Å². The van der Waals surface area contributed by atoms with Crippen molar-refractivity contribution in [2.45, 2.75) is 60.9 Å². The number of piperidine rings is 1. The molecule has 28 heavy (non-hydrogen) atoms. The zero-order chi connectivity index (χ0) is 19.7. The maximum atomic E-state index is 12.2. The van der Waals surface area contributed by atoms with Crippen molar-refractivity contribution in [1.82, 2.24) is 0 Å². The van der Waals surface area contributed by atoms with E-state index in [1.165, 1.54) is 12.8 Å². The second-order valence-electron chi connectivity index (χ2n) is 10.0. The number of quaternary nitrogens is 1. The molecule has 2 aliphatic heterocycles. The van der Waals surface area contributed by atoms with Gasteiger partial charge < -0.3 is 29.6 Å². The number of carboxylic acids is 1. The third-order valence-corrected chi connectivity index (χ3v) is 8.57. The molecule has 6 rings (SSSR count). The minimum Gasteiger partial charge on any atom is -0.504 e. The molecule has 2 heterocycles. The average Bonchev–Trinajstić information content (AvgIpc) is 3.29. The van der Waals surface area contributed by atoms with E-state index < -0.39 is 28.7 Å². The summed E-state index contributed by atoms with van der Waals surface area (Å²) in [6.45, 7) is 1.77. The van der Waals surface area contributed by atoms with Gasteiger partial charge in [0.05, 0.1) is 25.6 Å². The first-order valence-corrected chi connectivity index (χ1v) is 10.2. The van der Waals surface area contributed by atoms with E-state index in [1.807, 2.05) is 6.07 Å². The van der Waals surface area contributed by atoms with Crippen LogP contribution in [0.2, 0.25) is 0 Å². The molecule has 150 valence electrons. The van der Waals surface area contributed by atoms with Crippen LogP contribution >= 0.6 is 0 Å². The van der Waals surface area contributed by atoms with Gasteiger partial charge in [0, 0.05) is 30.7 Å². The number of nitrogens with zero attached hydrogens (tertiary/aromatic N) is 1. The number of hydrogen-bond donors (Lipinski definition) is 4. The van der Waals surface area contributed by atoms with Gasteiger partial charge in [-0.2, -0.15) is 0 Å². The molecule has 3 aliphatic carbocycles. The van der Waals surface area contributed by atoms with Crippen molar-refractivity contribution in [3.8, 4) is 11.5 Å². The Morgan fingerprint density at radius 2 is 2.07 bits per heavy atom. The highest BCUT2D eigenvalue weighted by atomic mass is 16.5. The maximum absolute atomic E-state index is 12.2. The van der Waals surface area contributed by atoms with Gasteiger partial charge >= 0.3 is 5.97 Å². The summed E-state index contributed by atoms with van der Waals surface area (Å²) in [7, 11) is 2.17. The summed E-state index contributed by atoms with van der Waals surface area (Å²) in [5.74, 6) is -0.519. The van der Waals surface area contributed by atoms with Crippen molar-refractivity contribution in [2.75, 3.05) is 20.1 Å². The lowest BCUT2D eigenvalue weighted by molar-refractivity contribution is -0.950. The minimum atomic E-state index is -2.19. The quantitative estimate of drug-likeness (QED) is 0.563. The maximum Gasteiger partial charge on any atom is 0.339 e. The molecule has 7 nitrogen and oxygen atoms in total. The number of ether oxygens (including phenoxy) is 1. The molecule has 1 saturated heterocycles. The molecule has 3 fully saturated rings. The number of carboxylic acid groups (broad SMARTS) is 1. The second kappa shape index (κ2) is 4.66. The number of aliphatic hydroxyl groups is 2. The lowest BCUT2D eigenvalue weighted by Gasteiger charge is -2.60. The van der Waals surface area contributed by atoms with E-state index in [2.05, 4.69) is 7.05 Å². The van der Waals surface area contributed by atoms with Crippen LogP contribution in [0.1, 0.15) is 36.8 Å². The molecular weight excluding hydrogens is 362 g/mol. The van der Waals surface area contributed by atoms with Gasteiger partial charge in [0.2, 0.25) is 5.60 Å². The number of phenolic OH excluding ortho intramolecular Hbond substituents is 1. The van der Waals surface area contributed by atoms with Crippen molar-refractivity contribution in [2.24, 2.45) is 5.92 Å². The third-order valence-electron chi connectivity index (χ3n) is 8.57. The zero-order valence-electron chi connectivity index (χ0n) is 15.9. The molecule has 1 aromatic rings. The molecule has 2 saturated carbocycles. The van der Waals surface area contributed by atoms with E-state index in [-0.39, 0.29) is 24.0 Å². The number of carbonyl (C=O) groups is 1. The molecule has 0 radical (unpaired) electrons. The molecular formula is C21H26NO6+. The van der Waals surface area contributed by atoms with Crippen molar-refractivity contribution in [3.63, 3.8) is 0 Å². The van der Waals surface area contributed by atoms with Gasteiger partial charge in [-0.3, -0.25) is 0 Å². The number of benzene rings is 1. The van der Waals surface area contributed by atoms with E-state index in [0.29, 0.717) is 23.2 Å². The van der Waals surface area contributed by atoms with Gasteiger partial charge in [-0.05, 0) is 24.5 Å². The Kier molecular flexibility index (Phi) is 2.84. The van der Waals surface area contributed by atoms with Gasteiger partial charge in [0.1, 0.15) is 11.6 Å². The Labute approximate surface area is 162 Å². The van der Waals surface area contributed by atoms with Crippen LogP contribution in [0.4, 0.5) is 0 Å². The zero-order valence-corrected chi connectivity index (χ0v) is 15.9. The predicted molar refractivity (Wildman–Crippen MR) is 97.1 cm³/mol. The minimum absolute atomic E-state index is 0.0585. The number of phenols is 1. The largest absolute Gasteiger partial charge is 0.504 e. The number of likely N-dealkylation sites (N-methyl/N-ethyl adjacent to an activating group) is 1. The van der Waals surface area contributed by atoms with Crippen LogP contribution < -0.4 is 4.74 Å². The van der Waals surface area contributed by atoms with Crippen LogP contribution in [0.25, 0.3) is 0 Å². The SMILES string of the molecule is C[N@+]1(CC2CC2)CC[C@]23c4c5ccc(O)c4O[C@H]2C(O)(C(=O)O)C[C@@]3(O)[C@H]1C5. The highest BCUT2D eigenvalue weighted by Crippen LogP contribution is 2.70. The molecule has 1 unspecified atom stereocenters. The highest BCUT2D eigenvalue weighted by molar-refractivity contribution is 5.82. The van der Waals surface area contributed by atoms with Crippen LogP contribution in [-0.2, 0) is 16.6 Å². The number of hydrogen-bond acceptors (Lipinski definition) is 5. The summed E-state index contributed by atoms with van der Waals surface area (Å²) in [5.41, 5.74) is -2.84. The molecule has 5 aliphatic rings. The van der Waals surface area contributed by atoms with Crippen molar-refractivity contribution in [3.05, 3.63) is 23.3 Å². The number of aromatic hydroxyl groups is 1. The predicted octanol–water partition coefficient (Wildman–Crippen LogP) is 0.526. The monoisotopic (exact) mass is 388 g/mol. The van der Waals surface area contributed by atoms with Gasteiger partial charge in [-0.25, -0.2) is 4.79 Å². The van der Waals surface area contributed by atoms with Crippen molar-refractivity contribution in [1.29, 1.82) is 0 Å². The fourth-order valence-corrected chi connectivity index (χ4v) is 7.24. The van der Waals surface area contributed by atoms with E-state index in [1.54, 1.807) is 6.07 Å². The molecule has 7 heteroatoms. The standard InChI is InChI=1S/C21H25NO6/c1-22(9-11-2-3-11)7-6-19-15-12-4-5-13(23)16(15)28-17(19)20(26,18(24)25)10-21(19,27)14(22)8-12/h4-5,11,14,17,26-27H,2-3,6-10H2,1H3,(H-,23,24,25)/p+1/t14-,17-,19+,20?,21-,22-/m1/s1. The first kappa shape index (κ1) is 17.1. The summed E-state index contributed by atoms with van der Waals surface area (Å²) >= 11 is 0. The first-order valence-electron chi connectivity index (χ1n) is 10.2. The average molecular weight is 388 g/mol. The van der Waals surface area contributed by atoms with Gasteiger partial charge in [0.15, 0.2) is 17.6 Å². The number of aliphatic carboxylic acids is 1. The fraction of sp³-hybridized carbons (Fsp3) is 0.667. The van der Waals surface area contributed by atoms with E-state index in [0.717, 1.165) is 24.2 Å². The van der Waals surface area contributed by atoms with Crippen LogP contribution in [0.5, 0.6) is 11.5 Å². The van der Waals surface area contributed by atoms with Crippen LogP contribution in [-0.4, -0.2) is 74.4 Å². The smallest absolute Gasteiger partial charge is 0.339 e. The van der Waals surface area contributed by atoms with E-state index >= 15 is 0 Å². The van der Waals surface area contributed by atoms with E-state index in [4.69, 9.17) is 4.74 Å². The first-order chi connectivity index (χ1) is 13.2. The van der Waals surface area contributed by atoms with Crippen molar-refractivity contribution < 1.29 is 34.4 Å². The second-order valence-corrected chi connectivity index (χ2v) is 10.0. The number of likely N-dealkylation sites (tertiary alicyclic amines) is 1.